The number of fused-ring (bicyclic) bond motifs is 8. The molecular formula is C58H41NO. The minimum absolute atomic E-state index is 0.847. The summed E-state index contributed by atoms with van der Waals surface area (Å²) in [5, 5.41) is 11.8. The largest absolute Gasteiger partial charge is 0.455 e. The minimum Gasteiger partial charge on any atom is -0.455 e. The number of allylic oxidation sites excluding steroid dienone is 7. The fourth-order valence-corrected chi connectivity index (χ4v) is 8.54. The lowest BCUT2D eigenvalue weighted by atomic mass is 9.93. The van der Waals surface area contributed by atoms with Crippen LogP contribution >= 0.6 is 0 Å². The van der Waals surface area contributed by atoms with E-state index in [1.165, 1.54) is 43.3 Å². The van der Waals surface area contributed by atoms with Crippen LogP contribution in [0.4, 0.5) is 5.69 Å². The fourth-order valence-electron chi connectivity index (χ4n) is 8.54. The van der Waals surface area contributed by atoms with Gasteiger partial charge < -0.3 is 9.32 Å². The van der Waals surface area contributed by atoms with Gasteiger partial charge in [-0.15, -0.1) is 0 Å². The Hall–Kier alpha value is -7.94. The maximum Gasteiger partial charge on any atom is 0.142 e. The van der Waals surface area contributed by atoms with E-state index in [0.29, 0.717) is 0 Å². The van der Waals surface area contributed by atoms with Crippen LogP contribution < -0.4 is 4.90 Å². The van der Waals surface area contributed by atoms with Crippen molar-refractivity contribution in [1.82, 2.24) is 0 Å². The highest BCUT2D eigenvalue weighted by atomic mass is 16.3. The molecule has 1 heterocycles. The standard InChI is InChI=1S/C58H41NO/c1-3-5-24-48(36-46-22-15-30-54-56-37-43-18-6-7-19-44(43)39-57(56)60-58(46)54)59(47-33-31-42(32-34-47)50-29-14-21-41-17-8-10-25-49(41)50)35-16-23-40(4-2)55-38-45-20-9-11-26-51(45)52-27-12-13-28-53(52)55/h3-39H,1-2H2/b24-5-,35-16+,40-23+,48-36-. The Morgan fingerprint density at radius 2 is 1.17 bits per heavy atom. The van der Waals surface area contributed by atoms with Crippen molar-refractivity contribution in [2.75, 3.05) is 4.90 Å². The highest BCUT2D eigenvalue weighted by Gasteiger charge is 2.15. The minimum atomic E-state index is 0.847. The highest BCUT2D eigenvalue weighted by Crippen LogP contribution is 2.37. The van der Waals surface area contributed by atoms with Crippen molar-refractivity contribution >= 4 is 82.4 Å². The second-order valence-electron chi connectivity index (χ2n) is 15.0. The van der Waals surface area contributed by atoms with Gasteiger partial charge in [0.1, 0.15) is 11.2 Å². The maximum atomic E-state index is 6.68. The maximum absolute atomic E-state index is 6.68. The average Bonchev–Trinajstić information content (AvgIpc) is 3.67. The number of para-hydroxylation sites is 1. The van der Waals surface area contributed by atoms with E-state index in [2.05, 4.69) is 224 Å². The van der Waals surface area contributed by atoms with E-state index in [4.69, 9.17) is 4.42 Å². The van der Waals surface area contributed by atoms with Gasteiger partial charge in [-0.2, -0.15) is 0 Å². The summed E-state index contributed by atoms with van der Waals surface area (Å²) < 4.78 is 6.68. The van der Waals surface area contributed by atoms with Gasteiger partial charge in [0, 0.05) is 33.9 Å². The summed E-state index contributed by atoms with van der Waals surface area (Å²) >= 11 is 0. The molecule has 10 aromatic rings. The zero-order valence-corrected chi connectivity index (χ0v) is 33.1. The molecule has 0 saturated heterocycles. The van der Waals surface area contributed by atoms with Crippen LogP contribution in [0.3, 0.4) is 0 Å². The summed E-state index contributed by atoms with van der Waals surface area (Å²) in [7, 11) is 0. The Labute approximate surface area is 349 Å². The summed E-state index contributed by atoms with van der Waals surface area (Å²) in [5.41, 5.74) is 9.17. The number of hydrogen-bond donors (Lipinski definition) is 0. The van der Waals surface area contributed by atoms with Gasteiger partial charge in [-0.1, -0.05) is 183 Å². The fraction of sp³-hybridized carbons (Fsp3) is 0. The van der Waals surface area contributed by atoms with Gasteiger partial charge in [-0.25, -0.2) is 0 Å². The Bertz CT molecular complexity index is 3400. The van der Waals surface area contributed by atoms with Crippen molar-refractivity contribution < 1.29 is 4.42 Å². The summed E-state index contributed by atoms with van der Waals surface area (Å²) in [5.74, 6) is 0. The molecule has 0 aliphatic rings. The van der Waals surface area contributed by atoms with Crippen LogP contribution in [0.25, 0.3) is 87.8 Å². The third kappa shape index (κ3) is 6.70. The van der Waals surface area contributed by atoms with Crippen molar-refractivity contribution in [1.29, 1.82) is 0 Å². The number of rotatable bonds is 10. The van der Waals surface area contributed by atoms with E-state index in [1.807, 2.05) is 18.2 Å². The molecule has 0 bridgehead atoms. The van der Waals surface area contributed by atoms with E-state index in [0.717, 1.165) is 61.0 Å². The lowest BCUT2D eigenvalue weighted by molar-refractivity contribution is 0.668. The molecule has 0 saturated carbocycles. The van der Waals surface area contributed by atoms with Crippen molar-refractivity contribution in [3.63, 3.8) is 0 Å². The average molecular weight is 768 g/mol. The van der Waals surface area contributed by atoms with Gasteiger partial charge in [0.2, 0.25) is 0 Å². The van der Waals surface area contributed by atoms with Crippen LogP contribution in [0.15, 0.2) is 242 Å². The lowest BCUT2D eigenvalue weighted by Gasteiger charge is -2.23. The number of anilines is 1. The molecule has 0 aliphatic carbocycles. The summed E-state index contributed by atoms with van der Waals surface area (Å²) in [6.45, 7) is 8.31. The Balaban J connectivity index is 1.12. The molecule has 2 nitrogen and oxygen atoms in total. The van der Waals surface area contributed by atoms with Crippen LogP contribution in [0, 0.1) is 0 Å². The van der Waals surface area contributed by atoms with Crippen molar-refractivity contribution in [2.45, 2.75) is 0 Å². The Kier molecular flexibility index (Phi) is 9.57. The second-order valence-corrected chi connectivity index (χ2v) is 15.0. The van der Waals surface area contributed by atoms with Gasteiger partial charge in [0.05, 0.1) is 0 Å². The summed E-state index contributed by atoms with van der Waals surface area (Å²) in [6.07, 6.45) is 16.4. The van der Waals surface area contributed by atoms with Gasteiger partial charge >= 0.3 is 0 Å². The molecule has 9 aromatic carbocycles. The molecule has 284 valence electrons. The van der Waals surface area contributed by atoms with Crippen LogP contribution in [0.2, 0.25) is 0 Å². The van der Waals surface area contributed by atoms with Crippen LogP contribution in [0.5, 0.6) is 0 Å². The highest BCUT2D eigenvalue weighted by molar-refractivity contribution is 6.13. The first kappa shape index (κ1) is 36.4. The van der Waals surface area contributed by atoms with E-state index < -0.39 is 0 Å². The van der Waals surface area contributed by atoms with Crippen molar-refractivity contribution in [3.8, 4) is 11.1 Å². The molecule has 0 fully saturated rings. The summed E-state index contributed by atoms with van der Waals surface area (Å²) in [6, 6.07) is 62.5. The molecule has 1 aromatic heterocycles. The first-order valence-electron chi connectivity index (χ1n) is 20.3. The molecule has 0 atom stereocenters. The lowest BCUT2D eigenvalue weighted by Crippen LogP contribution is -2.14. The zero-order valence-electron chi connectivity index (χ0n) is 33.1. The molecule has 0 amide bonds. The van der Waals surface area contributed by atoms with Gasteiger partial charge in [0.15, 0.2) is 0 Å². The van der Waals surface area contributed by atoms with Gasteiger partial charge in [-0.3, -0.25) is 0 Å². The van der Waals surface area contributed by atoms with Crippen molar-refractivity contribution in [3.05, 3.63) is 249 Å². The Morgan fingerprint density at radius 1 is 0.517 bits per heavy atom. The summed E-state index contributed by atoms with van der Waals surface area (Å²) in [4.78, 5) is 2.22. The topological polar surface area (TPSA) is 16.4 Å². The first-order valence-corrected chi connectivity index (χ1v) is 20.3. The van der Waals surface area contributed by atoms with Gasteiger partial charge in [0.25, 0.3) is 0 Å². The Morgan fingerprint density at radius 3 is 1.95 bits per heavy atom. The van der Waals surface area contributed by atoms with Crippen LogP contribution in [0.1, 0.15) is 11.1 Å². The number of nitrogens with zero attached hydrogens (tertiary/aromatic N) is 1. The normalized spacial score (nSPS) is 12.5. The van der Waals surface area contributed by atoms with Gasteiger partial charge in [-0.05, 0) is 114 Å². The third-order valence-electron chi connectivity index (χ3n) is 11.4. The quantitative estimate of drug-likeness (QED) is 0.102. The predicted molar refractivity (Wildman–Crippen MR) is 259 cm³/mol. The monoisotopic (exact) mass is 767 g/mol. The third-order valence-corrected chi connectivity index (χ3v) is 11.4. The molecule has 0 unspecified atom stereocenters. The number of benzene rings is 9. The molecule has 10 rings (SSSR count). The second kappa shape index (κ2) is 15.8. The van der Waals surface area contributed by atoms with E-state index >= 15 is 0 Å². The molecule has 0 spiro atoms. The number of hydrogen-bond acceptors (Lipinski definition) is 2. The first-order chi connectivity index (χ1) is 29.7. The molecule has 0 radical (unpaired) electrons. The molecule has 60 heavy (non-hydrogen) atoms. The molecule has 2 heteroatoms. The molecule has 0 aliphatic heterocycles. The SMILES string of the molecule is C=C/C=C\C(=C\c1cccc2c1oc1cc3ccccc3cc12)N(/C=C/C=C(\C=C)c1cc2ccccc2c2ccccc12)c1ccc(-c2cccc3ccccc23)cc1. The van der Waals surface area contributed by atoms with Crippen LogP contribution in [-0.4, -0.2) is 0 Å². The smallest absolute Gasteiger partial charge is 0.142 e. The zero-order chi connectivity index (χ0) is 40.4. The molecular weight excluding hydrogens is 727 g/mol. The van der Waals surface area contributed by atoms with E-state index in [1.54, 1.807) is 0 Å². The van der Waals surface area contributed by atoms with E-state index in [-0.39, 0.29) is 0 Å². The van der Waals surface area contributed by atoms with Crippen LogP contribution in [-0.2, 0) is 0 Å². The molecule has 0 N–H and O–H groups in total. The number of furan rings is 1. The predicted octanol–water partition coefficient (Wildman–Crippen LogP) is 16.2. The van der Waals surface area contributed by atoms with Crippen molar-refractivity contribution in [2.24, 2.45) is 0 Å². The van der Waals surface area contributed by atoms with E-state index in [9.17, 15) is 0 Å².